The van der Waals surface area contributed by atoms with E-state index in [1.807, 2.05) is 61.5 Å². The monoisotopic (exact) mass is 434 g/mol. The van der Waals surface area contributed by atoms with Crippen molar-refractivity contribution in [2.45, 2.75) is 20.3 Å². The zero-order valence-corrected chi connectivity index (χ0v) is 17.2. The fourth-order valence-corrected chi connectivity index (χ4v) is 3.56. The number of halogens is 1. The van der Waals surface area contributed by atoms with Crippen molar-refractivity contribution in [3.8, 4) is 11.5 Å². The molecule has 0 saturated carbocycles. The fraction of sp³-hybridized carbons (Fsp3) is 0.130. The highest BCUT2D eigenvalue weighted by Gasteiger charge is 2.12. The van der Waals surface area contributed by atoms with Crippen molar-refractivity contribution in [1.82, 2.24) is 4.98 Å². The molecule has 3 aromatic carbocycles. The summed E-state index contributed by atoms with van der Waals surface area (Å²) < 4.78 is 6.85. The summed E-state index contributed by atoms with van der Waals surface area (Å²) in [5, 5.41) is 2.91. The maximum absolute atomic E-state index is 12.3. The van der Waals surface area contributed by atoms with Crippen LogP contribution in [0.15, 0.2) is 69.6 Å². The Morgan fingerprint density at radius 1 is 1.07 bits per heavy atom. The second kappa shape index (κ2) is 7.60. The summed E-state index contributed by atoms with van der Waals surface area (Å²) in [6.07, 6.45) is 0.937. The highest BCUT2D eigenvalue weighted by Crippen LogP contribution is 2.31. The summed E-state index contributed by atoms with van der Waals surface area (Å²) in [5.74, 6) is 0.422. The minimum absolute atomic E-state index is 0.134. The van der Waals surface area contributed by atoms with Crippen LogP contribution in [-0.4, -0.2) is 10.9 Å². The van der Waals surface area contributed by atoms with Gasteiger partial charge in [0.2, 0.25) is 5.89 Å². The first-order chi connectivity index (χ1) is 13.5. The van der Waals surface area contributed by atoms with E-state index in [0.29, 0.717) is 11.5 Å². The van der Waals surface area contributed by atoms with Crippen LogP contribution in [0.25, 0.3) is 22.6 Å². The van der Waals surface area contributed by atoms with Gasteiger partial charge >= 0.3 is 0 Å². The van der Waals surface area contributed by atoms with E-state index in [-0.39, 0.29) is 5.91 Å². The van der Waals surface area contributed by atoms with E-state index in [1.54, 1.807) is 0 Å². The van der Waals surface area contributed by atoms with Gasteiger partial charge in [0, 0.05) is 16.8 Å². The molecule has 4 aromatic rings. The molecule has 0 unspecified atom stereocenters. The number of carbonyl (C=O) groups is 1. The number of oxazole rings is 1. The number of fused-ring (bicyclic) bond motifs is 1. The van der Waals surface area contributed by atoms with Gasteiger partial charge in [-0.3, -0.25) is 4.79 Å². The third-order valence-corrected chi connectivity index (χ3v) is 5.21. The number of nitrogens with zero attached hydrogens (tertiary/aromatic N) is 1. The number of anilines is 1. The van der Waals surface area contributed by atoms with E-state index < -0.39 is 0 Å². The van der Waals surface area contributed by atoms with Gasteiger partial charge in [-0.05, 0) is 83.4 Å². The Morgan fingerprint density at radius 2 is 1.79 bits per heavy atom. The molecule has 0 radical (unpaired) electrons. The summed E-state index contributed by atoms with van der Waals surface area (Å²) >= 11 is 3.56. The molecule has 0 fully saturated rings. The van der Waals surface area contributed by atoms with Crippen molar-refractivity contribution >= 4 is 38.6 Å². The van der Waals surface area contributed by atoms with Crippen LogP contribution in [0.5, 0.6) is 0 Å². The lowest BCUT2D eigenvalue weighted by molar-refractivity contribution is 0.102. The third kappa shape index (κ3) is 3.71. The molecule has 0 aliphatic heterocycles. The van der Waals surface area contributed by atoms with Crippen LogP contribution in [0.2, 0.25) is 0 Å². The average molecular weight is 435 g/mol. The van der Waals surface area contributed by atoms with E-state index in [4.69, 9.17) is 4.42 Å². The maximum Gasteiger partial charge on any atom is 0.255 e. The molecule has 0 spiro atoms. The van der Waals surface area contributed by atoms with Crippen LogP contribution in [-0.2, 0) is 6.42 Å². The lowest BCUT2D eigenvalue weighted by Crippen LogP contribution is -2.11. The van der Waals surface area contributed by atoms with Gasteiger partial charge in [-0.25, -0.2) is 4.98 Å². The summed E-state index contributed by atoms with van der Waals surface area (Å²) in [5.41, 5.74) is 6.10. The molecule has 1 amide bonds. The van der Waals surface area contributed by atoms with Crippen LogP contribution < -0.4 is 5.32 Å². The molecule has 140 valence electrons. The van der Waals surface area contributed by atoms with E-state index >= 15 is 0 Å². The molecule has 28 heavy (non-hydrogen) atoms. The van der Waals surface area contributed by atoms with Crippen LogP contribution in [0.1, 0.15) is 28.4 Å². The molecule has 0 atom stereocenters. The van der Waals surface area contributed by atoms with Crippen LogP contribution >= 0.6 is 15.9 Å². The maximum atomic E-state index is 12.3. The second-order valence-corrected chi connectivity index (χ2v) is 7.55. The van der Waals surface area contributed by atoms with Crippen molar-refractivity contribution in [2.24, 2.45) is 0 Å². The number of hydrogen-bond acceptors (Lipinski definition) is 3. The lowest BCUT2D eigenvalue weighted by Gasteiger charge is -2.06. The molecular formula is C23H19BrN2O2. The molecule has 0 saturated heterocycles. The number of rotatable bonds is 4. The quantitative estimate of drug-likeness (QED) is 0.405. The van der Waals surface area contributed by atoms with Crippen molar-refractivity contribution in [3.63, 3.8) is 0 Å². The standard InChI is InChI=1S/C23H19BrN2O2/c1-3-15-12-19(24)21-20(13-15)26-23(28-21)17-8-10-18(11-9-17)25-22(27)16-6-4-14(2)5-7-16/h4-13H,3H2,1-2H3,(H,25,27). The Labute approximate surface area is 171 Å². The molecule has 5 heteroatoms. The van der Waals surface area contributed by atoms with Gasteiger partial charge in [-0.2, -0.15) is 0 Å². The van der Waals surface area contributed by atoms with E-state index in [0.717, 1.165) is 38.8 Å². The number of amides is 1. The number of benzene rings is 3. The molecule has 1 heterocycles. The van der Waals surface area contributed by atoms with E-state index in [1.165, 1.54) is 5.56 Å². The molecule has 0 aliphatic rings. The minimum Gasteiger partial charge on any atom is -0.435 e. The van der Waals surface area contributed by atoms with Crippen molar-refractivity contribution in [1.29, 1.82) is 0 Å². The zero-order chi connectivity index (χ0) is 19.7. The van der Waals surface area contributed by atoms with Crippen LogP contribution in [0.4, 0.5) is 5.69 Å². The molecule has 4 nitrogen and oxygen atoms in total. The third-order valence-electron chi connectivity index (χ3n) is 4.62. The Hall–Kier alpha value is -2.92. The molecule has 1 N–H and O–H groups in total. The van der Waals surface area contributed by atoms with Gasteiger partial charge in [-0.15, -0.1) is 0 Å². The molecular weight excluding hydrogens is 416 g/mol. The Bertz CT molecular complexity index is 1150. The predicted molar refractivity (Wildman–Crippen MR) is 116 cm³/mol. The fourth-order valence-electron chi connectivity index (χ4n) is 2.98. The highest BCUT2D eigenvalue weighted by molar-refractivity contribution is 9.10. The first-order valence-corrected chi connectivity index (χ1v) is 9.90. The van der Waals surface area contributed by atoms with Gasteiger partial charge in [-0.1, -0.05) is 24.6 Å². The zero-order valence-electron chi connectivity index (χ0n) is 15.6. The first kappa shape index (κ1) is 18.4. The Balaban J connectivity index is 1.56. The van der Waals surface area contributed by atoms with Crippen LogP contribution in [0.3, 0.4) is 0 Å². The van der Waals surface area contributed by atoms with Crippen molar-refractivity contribution in [3.05, 3.63) is 81.8 Å². The van der Waals surface area contributed by atoms with Crippen LogP contribution in [0, 0.1) is 6.92 Å². The number of carbonyl (C=O) groups excluding carboxylic acids is 1. The minimum atomic E-state index is -0.134. The number of hydrogen-bond donors (Lipinski definition) is 1. The summed E-state index contributed by atoms with van der Waals surface area (Å²) in [7, 11) is 0. The van der Waals surface area contributed by atoms with Gasteiger partial charge < -0.3 is 9.73 Å². The first-order valence-electron chi connectivity index (χ1n) is 9.11. The van der Waals surface area contributed by atoms with Gasteiger partial charge in [0.25, 0.3) is 5.91 Å². The topological polar surface area (TPSA) is 55.1 Å². The predicted octanol–water partition coefficient (Wildman–Crippen LogP) is 6.38. The van der Waals surface area contributed by atoms with Gasteiger partial charge in [0.1, 0.15) is 5.52 Å². The largest absolute Gasteiger partial charge is 0.435 e. The molecule has 0 bridgehead atoms. The van der Waals surface area contributed by atoms with Crippen molar-refractivity contribution < 1.29 is 9.21 Å². The summed E-state index contributed by atoms with van der Waals surface area (Å²) in [6, 6.07) is 19.1. The Kier molecular flexibility index (Phi) is 5.01. The smallest absolute Gasteiger partial charge is 0.255 e. The average Bonchev–Trinajstić information content (AvgIpc) is 3.13. The highest BCUT2D eigenvalue weighted by atomic mass is 79.9. The van der Waals surface area contributed by atoms with Gasteiger partial charge in [0.05, 0.1) is 4.47 Å². The number of nitrogens with one attached hydrogen (secondary N) is 1. The molecule has 0 aliphatic carbocycles. The summed E-state index contributed by atoms with van der Waals surface area (Å²) in [4.78, 5) is 17.0. The van der Waals surface area contributed by atoms with E-state index in [2.05, 4.69) is 39.2 Å². The molecule has 4 rings (SSSR count). The van der Waals surface area contributed by atoms with Crippen molar-refractivity contribution in [2.75, 3.05) is 5.32 Å². The van der Waals surface area contributed by atoms with E-state index in [9.17, 15) is 4.79 Å². The normalized spacial score (nSPS) is 11.0. The Morgan fingerprint density at radius 3 is 2.46 bits per heavy atom. The number of aryl methyl sites for hydroxylation is 2. The van der Waals surface area contributed by atoms with Gasteiger partial charge in [0.15, 0.2) is 5.58 Å². The SMILES string of the molecule is CCc1cc(Br)c2oc(-c3ccc(NC(=O)c4ccc(C)cc4)cc3)nc2c1. The number of aromatic nitrogens is 1. The summed E-state index contributed by atoms with van der Waals surface area (Å²) in [6.45, 7) is 4.10. The second-order valence-electron chi connectivity index (χ2n) is 6.70. The lowest BCUT2D eigenvalue weighted by atomic mass is 10.1. The molecule has 1 aromatic heterocycles.